The lowest BCUT2D eigenvalue weighted by atomic mass is 10.0. The van der Waals surface area contributed by atoms with Crippen LogP contribution in [0.2, 0.25) is 0 Å². The predicted octanol–water partition coefficient (Wildman–Crippen LogP) is 2.71. The van der Waals surface area contributed by atoms with Gasteiger partial charge >= 0.3 is 0 Å². The highest BCUT2D eigenvalue weighted by Crippen LogP contribution is 2.41. The van der Waals surface area contributed by atoms with E-state index in [4.69, 9.17) is 29.4 Å². The number of likely N-dealkylation sites (tertiary alicyclic amines) is 1. The molecule has 2 heterocycles. The minimum absolute atomic E-state index is 0.0857. The Morgan fingerprint density at radius 1 is 1.03 bits per heavy atom. The van der Waals surface area contributed by atoms with Gasteiger partial charge in [-0.25, -0.2) is 0 Å². The summed E-state index contributed by atoms with van der Waals surface area (Å²) in [5.41, 5.74) is 6.59. The summed E-state index contributed by atoms with van der Waals surface area (Å²) in [6.07, 6.45) is 2.57. The van der Waals surface area contributed by atoms with E-state index >= 15 is 0 Å². The Hall–Kier alpha value is -3.62. The molecule has 9 nitrogen and oxygen atoms in total. The predicted molar refractivity (Wildman–Crippen MR) is 119 cm³/mol. The number of carbonyl (C=O) groups is 2. The number of rotatable bonds is 7. The Bertz CT molecular complexity index is 1010. The zero-order valence-corrected chi connectivity index (χ0v) is 18.8. The van der Waals surface area contributed by atoms with Crippen LogP contribution in [0.4, 0.5) is 0 Å². The monoisotopic (exact) mass is 456 g/mol. The second-order valence-electron chi connectivity index (χ2n) is 7.88. The topological polar surface area (TPSA) is 110 Å². The summed E-state index contributed by atoms with van der Waals surface area (Å²) in [5, 5.41) is 0. The van der Waals surface area contributed by atoms with Crippen LogP contribution in [0.3, 0.4) is 0 Å². The molecule has 4 rings (SSSR count). The Kier molecular flexibility index (Phi) is 6.76. The van der Waals surface area contributed by atoms with Crippen molar-refractivity contribution in [2.24, 2.45) is 5.73 Å². The van der Waals surface area contributed by atoms with Crippen LogP contribution in [-0.4, -0.2) is 57.3 Å². The highest BCUT2D eigenvalue weighted by molar-refractivity contribution is 5.96. The lowest BCUT2D eigenvalue weighted by molar-refractivity contribution is -0.120. The van der Waals surface area contributed by atoms with Gasteiger partial charge in [0.25, 0.3) is 11.8 Å². The molecule has 0 aromatic heterocycles. The molecule has 0 bridgehead atoms. The van der Waals surface area contributed by atoms with E-state index in [0.717, 1.165) is 30.6 Å². The van der Waals surface area contributed by atoms with Crippen LogP contribution in [0.15, 0.2) is 30.3 Å². The molecule has 2 aromatic rings. The number of carbonyl (C=O) groups excluding carboxylic acids is 2. The van der Waals surface area contributed by atoms with Gasteiger partial charge in [0.1, 0.15) is 0 Å². The Morgan fingerprint density at radius 3 is 2.39 bits per heavy atom. The average molecular weight is 456 g/mol. The summed E-state index contributed by atoms with van der Waals surface area (Å²) >= 11 is 0. The minimum atomic E-state index is -0.630. The third kappa shape index (κ3) is 4.76. The number of fused-ring (bicyclic) bond motifs is 1. The third-order valence-electron chi connectivity index (χ3n) is 5.74. The van der Waals surface area contributed by atoms with Crippen molar-refractivity contribution in [1.29, 1.82) is 0 Å². The number of hydrogen-bond donors (Lipinski definition) is 1. The molecule has 0 spiro atoms. The molecule has 0 unspecified atom stereocenters. The summed E-state index contributed by atoms with van der Waals surface area (Å²) < 4.78 is 27.8. The first-order valence-corrected chi connectivity index (χ1v) is 10.9. The van der Waals surface area contributed by atoms with Crippen molar-refractivity contribution in [3.63, 3.8) is 0 Å². The first-order chi connectivity index (χ1) is 16.0. The molecular weight excluding hydrogens is 428 g/mol. The SMILES string of the molecule is COc1cc(C(=O)N2CCC[C@H]2c2ccc3c(c2)OCCCO3)cc(OC)c1OCC(N)=O. The molecule has 33 heavy (non-hydrogen) atoms. The van der Waals surface area contributed by atoms with E-state index < -0.39 is 5.91 Å². The zero-order chi connectivity index (χ0) is 23.4. The van der Waals surface area contributed by atoms with E-state index in [0.29, 0.717) is 31.1 Å². The molecule has 1 fully saturated rings. The Balaban J connectivity index is 1.62. The van der Waals surface area contributed by atoms with Crippen LogP contribution < -0.4 is 29.4 Å². The number of hydrogen-bond acceptors (Lipinski definition) is 7. The number of primary amides is 1. The molecule has 9 heteroatoms. The molecule has 2 aliphatic heterocycles. The van der Waals surface area contributed by atoms with Crippen LogP contribution in [-0.2, 0) is 4.79 Å². The largest absolute Gasteiger partial charge is 0.493 e. The molecule has 1 atom stereocenters. The van der Waals surface area contributed by atoms with Gasteiger partial charge in [-0.05, 0) is 42.7 Å². The Morgan fingerprint density at radius 2 is 1.73 bits per heavy atom. The molecule has 2 aliphatic rings. The first kappa shape index (κ1) is 22.6. The van der Waals surface area contributed by atoms with Gasteiger partial charge in [0, 0.05) is 18.5 Å². The number of ether oxygens (including phenoxy) is 5. The second kappa shape index (κ2) is 9.89. The van der Waals surface area contributed by atoms with Crippen LogP contribution in [0.1, 0.15) is 41.2 Å². The van der Waals surface area contributed by atoms with Crippen molar-refractivity contribution >= 4 is 11.8 Å². The fourth-order valence-electron chi connectivity index (χ4n) is 4.20. The van der Waals surface area contributed by atoms with E-state index in [9.17, 15) is 9.59 Å². The summed E-state index contributed by atoms with van der Waals surface area (Å²) in [4.78, 5) is 26.5. The maximum absolute atomic E-state index is 13.5. The highest BCUT2D eigenvalue weighted by atomic mass is 16.5. The lowest BCUT2D eigenvalue weighted by Crippen LogP contribution is -2.30. The molecule has 0 saturated carbocycles. The molecule has 2 aromatic carbocycles. The van der Waals surface area contributed by atoms with Crippen molar-refractivity contribution < 1.29 is 33.3 Å². The minimum Gasteiger partial charge on any atom is -0.493 e. The standard InChI is InChI=1S/C24H28N2O7/c1-29-20-12-16(13-21(30-2)23(20)33-14-22(25)27)24(28)26-8-3-5-17(26)15-6-7-18-19(11-15)32-10-4-9-31-18/h6-7,11-13,17H,3-5,8-10,14H2,1-2H3,(H2,25,27)/t17-/m0/s1. The zero-order valence-electron chi connectivity index (χ0n) is 18.8. The van der Waals surface area contributed by atoms with Gasteiger partial charge < -0.3 is 34.3 Å². The summed E-state index contributed by atoms with van der Waals surface area (Å²) in [5.74, 6) is 1.44. The van der Waals surface area contributed by atoms with Crippen molar-refractivity contribution in [3.05, 3.63) is 41.5 Å². The van der Waals surface area contributed by atoms with Crippen LogP contribution in [0.25, 0.3) is 0 Å². The Labute approximate surface area is 192 Å². The lowest BCUT2D eigenvalue weighted by Gasteiger charge is -2.26. The quantitative estimate of drug-likeness (QED) is 0.682. The highest BCUT2D eigenvalue weighted by Gasteiger charge is 2.32. The van der Waals surface area contributed by atoms with Gasteiger partial charge in [-0.3, -0.25) is 9.59 Å². The number of nitrogens with zero attached hydrogens (tertiary/aromatic N) is 1. The van der Waals surface area contributed by atoms with E-state index in [-0.39, 0.29) is 35.8 Å². The van der Waals surface area contributed by atoms with Crippen LogP contribution in [0.5, 0.6) is 28.7 Å². The van der Waals surface area contributed by atoms with E-state index in [2.05, 4.69) is 0 Å². The van der Waals surface area contributed by atoms with Crippen molar-refractivity contribution in [2.45, 2.75) is 25.3 Å². The van der Waals surface area contributed by atoms with Crippen molar-refractivity contribution in [1.82, 2.24) is 4.90 Å². The van der Waals surface area contributed by atoms with Gasteiger partial charge in [0.15, 0.2) is 29.6 Å². The van der Waals surface area contributed by atoms with E-state index in [1.165, 1.54) is 14.2 Å². The summed E-state index contributed by atoms with van der Waals surface area (Å²) in [6, 6.07) is 8.96. The van der Waals surface area contributed by atoms with Gasteiger partial charge in [-0.15, -0.1) is 0 Å². The molecule has 2 amide bonds. The van der Waals surface area contributed by atoms with Crippen LogP contribution >= 0.6 is 0 Å². The molecule has 2 N–H and O–H groups in total. The fourth-order valence-corrected chi connectivity index (χ4v) is 4.20. The summed E-state index contributed by atoms with van der Waals surface area (Å²) in [6.45, 7) is 1.53. The van der Waals surface area contributed by atoms with Gasteiger partial charge in [0.2, 0.25) is 5.75 Å². The molecule has 176 valence electrons. The maximum Gasteiger partial charge on any atom is 0.255 e. The third-order valence-corrected chi connectivity index (χ3v) is 5.74. The smallest absolute Gasteiger partial charge is 0.255 e. The molecular formula is C24H28N2O7. The second-order valence-corrected chi connectivity index (χ2v) is 7.88. The maximum atomic E-state index is 13.5. The fraction of sp³-hybridized carbons (Fsp3) is 0.417. The summed E-state index contributed by atoms with van der Waals surface area (Å²) in [7, 11) is 2.91. The van der Waals surface area contributed by atoms with Gasteiger partial charge in [-0.2, -0.15) is 0 Å². The molecule has 1 saturated heterocycles. The average Bonchev–Trinajstić information content (AvgIpc) is 3.20. The first-order valence-electron chi connectivity index (χ1n) is 10.9. The van der Waals surface area contributed by atoms with E-state index in [1.807, 2.05) is 23.1 Å². The number of amides is 2. The molecule has 0 radical (unpaired) electrons. The molecule has 0 aliphatic carbocycles. The van der Waals surface area contributed by atoms with E-state index in [1.54, 1.807) is 12.1 Å². The van der Waals surface area contributed by atoms with Crippen molar-refractivity contribution in [3.8, 4) is 28.7 Å². The number of methoxy groups -OCH3 is 2. The van der Waals surface area contributed by atoms with Crippen molar-refractivity contribution in [2.75, 3.05) is 40.6 Å². The normalized spacial score (nSPS) is 17.3. The number of nitrogens with two attached hydrogens (primary N) is 1. The number of benzene rings is 2. The van der Waals surface area contributed by atoms with Gasteiger partial charge in [0.05, 0.1) is 33.5 Å². The van der Waals surface area contributed by atoms with Gasteiger partial charge in [-0.1, -0.05) is 6.07 Å². The van der Waals surface area contributed by atoms with Crippen LogP contribution in [0, 0.1) is 0 Å².